The molecule has 0 heterocycles. The van der Waals surface area contributed by atoms with Crippen LogP contribution in [0.4, 0.5) is 4.79 Å². The largest absolute Gasteiger partial charge is 0.333 e. The van der Waals surface area contributed by atoms with Gasteiger partial charge in [-0.25, -0.2) is 17.9 Å². The number of nitrogens with one attached hydrogen (secondary N) is 2. The van der Waals surface area contributed by atoms with E-state index in [1.54, 1.807) is 26.8 Å². The molecule has 0 unspecified atom stereocenters. The standard InChI is InChI=1S/C11H15ClN2O3S/c1-11(2,3)13-10(15)14-18(16,17)9-7-5-4-6-8(9)12/h4-7H,1-3H3,(H2,13,14,15). The van der Waals surface area contributed by atoms with Crippen LogP contribution in [0, 0.1) is 0 Å². The first kappa shape index (κ1) is 14.8. The Balaban J connectivity index is 2.91. The van der Waals surface area contributed by atoms with E-state index in [4.69, 9.17) is 11.6 Å². The minimum atomic E-state index is -3.96. The molecule has 0 aromatic heterocycles. The molecule has 0 aliphatic rings. The van der Waals surface area contributed by atoms with E-state index in [0.29, 0.717) is 0 Å². The van der Waals surface area contributed by atoms with Gasteiger partial charge in [0.1, 0.15) is 4.90 Å². The molecule has 1 aromatic carbocycles. The van der Waals surface area contributed by atoms with Crippen LogP contribution in [-0.4, -0.2) is 20.0 Å². The summed E-state index contributed by atoms with van der Waals surface area (Å²) in [4.78, 5) is 11.4. The summed E-state index contributed by atoms with van der Waals surface area (Å²) in [5, 5.41) is 2.56. The first-order valence-corrected chi connectivity index (χ1v) is 7.07. The molecule has 5 nitrogen and oxygen atoms in total. The summed E-state index contributed by atoms with van der Waals surface area (Å²) < 4.78 is 25.7. The Morgan fingerprint density at radius 2 is 1.78 bits per heavy atom. The Bertz CT molecular complexity index is 550. The Labute approximate surface area is 112 Å². The van der Waals surface area contributed by atoms with Crippen molar-refractivity contribution in [2.24, 2.45) is 0 Å². The number of amides is 2. The Kier molecular flexibility index (Phi) is 4.24. The summed E-state index contributed by atoms with van der Waals surface area (Å²) in [5.74, 6) is 0. The summed E-state index contributed by atoms with van der Waals surface area (Å²) in [7, 11) is -3.96. The van der Waals surface area contributed by atoms with Gasteiger partial charge >= 0.3 is 6.03 Å². The van der Waals surface area contributed by atoms with E-state index in [2.05, 4.69) is 5.32 Å². The maximum absolute atomic E-state index is 11.9. The zero-order valence-electron chi connectivity index (χ0n) is 10.3. The Morgan fingerprint density at radius 1 is 1.22 bits per heavy atom. The van der Waals surface area contributed by atoms with Crippen LogP contribution in [0.3, 0.4) is 0 Å². The van der Waals surface area contributed by atoms with Gasteiger partial charge < -0.3 is 5.32 Å². The van der Waals surface area contributed by atoms with Gasteiger partial charge in [0.2, 0.25) is 0 Å². The van der Waals surface area contributed by atoms with Gasteiger partial charge in [-0.15, -0.1) is 0 Å². The number of rotatable bonds is 2. The van der Waals surface area contributed by atoms with Crippen molar-refractivity contribution < 1.29 is 13.2 Å². The summed E-state index contributed by atoms with van der Waals surface area (Å²) in [6.45, 7) is 5.23. The van der Waals surface area contributed by atoms with Crippen LogP contribution < -0.4 is 10.0 Å². The van der Waals surface area contributed by atoms with E-state index < -0.39 is 21.6 Å². The fraction of sp³-hybridized carbons (Fsp3) is 0.364. The quantitative estimate of drug-likeness (QED) is 0.876. The smallest absolute Gasteiger partial charge is 0.329 e. The van der Waals surface area contributed by atoms with E-state index in [1.165, 1.54) is 18.2 Å². The van der Waals surface area contributed by atoms with Crippen LogP contribution in [0.15, 0.2) is 29.2 Å². The van der Waals surface area contributed by atoms with Crippen LogP contribution in [0.25, 0.3) is 0 Å². The number of urea groups is 1. The van der Waals surface area contributed by atoms with Gasteiger partial charge in [-0.05, 0) is 32.9 Å². The molecule has 0 radical (unpaired) electrons. The molecule has 0 fully saturated rings. The topological polar surface area (TPSA) is 75.3 Å². The third-order valence-corrected chi connectivity index (χ3v) is 3.67. The van der Waals surface area contributed by atoms with E-state index in [0.717, 1.165) is 0 Å². The second kappa shape index (κ2) is 5.16. The van der Waals surface area contributed by atoms with E-state index in [-0.39, 0.29) is 9.92 Å². The number of hydrogen-bond donors (Lipinski definition) is 2. The summed E-state index contributed by atoms with van der Waals surface area (Å²) >= 11 is 5.77. The maximum atomic E-state index is 11.9. The van der Waals surface area contributed by atoms with Crippen LogP contribution in [-0.2, 0) is 10.0 Å². The van der Waals surface area contributed by atoms with Crippen LogP contribution in [0.1, 0.15) is 20.8 Å². The number of benzene rings is 1. The molecule has 100 valence electrons. The van der Waals surface area contributed by atoms with Crippen molar-refractivity contribution in [1.82, 2.24) is 10.0 Å². The summed E-state index contributed by atoms with van der Waals surface area (Å²) in [5.41, 5.74) is -0.528. The molecule has 18 heavy (non-hydrogen) atoms. The van der Waals surface area contributed by atoms with Crippen molar-refractivity contribution in [1.29, 1.82) is 0 Å². The molecular weight excluding hydrogens is 276 g/mol. The molecular formula is C11H15ClN2O3S. The molecule has 2 N–H and O–H groups in total. The highest BCUT2D eigenvalue weighted by molar-refractivity contribution is 7.90. The third kappa shape index (κ3) is 4.19. The highest BCUT2D eigenvalue weighted by Crippen LogP contribution is 2.19. The number of carbonyl (C=O) groups excluding carboxylic acids is 1. The second-order valence-corrected chi connectivity index (χ2v) is 6.80. The normalized spacial score (nSPS) is 12.0. The lowest BCUT2D eigenvalue weighted by Gasteiger charge is -2.20. The summed E-state index contributed by atoms with van der Waals surface area (Å²) in [6, 6.07) is 5.12. The Hall–Kier alpha value is -1.27. The van der Waals surface area contributed by atoms with Crippen molar-refractivity contribution >= 4 is 27.7 Å². The first-order chi connectivity index (χ1) is 8.12. The SMILES string of the molecule is CC(C)(C)NC(=O)NS(=O)(=O)c1ccccc1Cl. The number of sulfonamides is 1. The van der Waals surface area contributed by atoms with Gasteiger partial charge in [-0.2, -0.15) is 0 Å². The maximum Gasteiger partial charge on any atom is 0.329 e. The second-order valence-electron chi connectivity index (χ2n) is 4.74. The van der Waals surface area contributed by atoms with Crippen molar-refractivity contribution in [3.8, 4) is 0 Å². The van der Waals surface area contributed by atoms with E-state index in [9.17, 15) is 13.2 Å². The van der Waals surface area contributed by atoms with Crippen molar-refractivity contribution in [3.63, 3.8) is 0 Å². The fourth-order valence-electron chi connectivity index (χ4n) is 1.21. The van der Waals surface area contributed by atoms with Crippen LogP contribution >= 0.6 is 11.6 Å². The van der Waals surface area contributed by atoms with Crippen LogP contribution in [0.5, 0.6) is 0 Å². The van der Waals surface area contributed by atoms with Crippen molar-refractivity contribution in [2.45, 2.75) is 31.2 Å². The monoisotopic (exact) mass is 290 g/mol. The fourth-order valence-corrected chi connectivity index (χ4v) is 2.63. The third-order valence-electron chi connectivity index (χ3n) is 1.84. The van der Waals surface area contributed by atoms with Gasteiger partial charge in [0.15, 0.2) is 0 Å². The zero-order chi connectivity index (χ0) is 14.0. The van der Waals surface area contributed by atoms with E-state index >= 15 is 0 Å². The molecule has 0 bridgehead atoms. The molecule has 1 rings (SSSR count). The predicted molar refractivity (Wildman–Crippen MR) is 70.1 cm³/mol. The number of halogens is 1. The van der Waals surface area contributed by atoms with Gasteiger partial charge in [0.25, 0.3) is 10.0 Å². The van der Waals surface area contributed by atoms with Gasteiger partial charge in [-0.3, -0.25) is 0 Å². The molecule has 0 atom stereocenters. The average molecular weight is 291 g/mol. The molecule has 0 saturated carbocycles. The van der Waals surface area contributed by atoms with Gasteiger partial charge in [-0.1, -0.05) is 23.7 Å². The number of carbonyl (C=O) groups is 1. The molecule has 0 saturated heterocycles. The van der Waals surface area contributed by atoms with Crippen molar-refractivity contribution in [3.05, 3.63) is 29.3 Å². The molecule has 2 amide bonds. The lowest BCUT2D eigenvalue weighted by atomic mass is 10.1. The molecule has 7 heteroatoms. The minimum absolute atomic E-state index is 0.0635. The molecule has 0 aliphatic heterocycles. The Morgan fingerprint density at radius 3 is 2.28 bits per heavy atom. The van der Waals surface area contributed by atoms with Gasteiger partial charge in [0, 0.05) is 5.54 Å². The molecule has 0 aliphatic carbocycles. The average Bonchev–Trinajstić information content (AvgIpc) is 2.13. The number of hydrogen-bond acceptors (Lipinski definition) is 3. The minimum Gasteiger partial charge on any atom is -0.333 e. The lowest BCUT2D eigenvalue weighted by Crippen LogP contribution is -2.48. The van der Waals surface area contributed by atoms with Gasteiger partial charge in [0.05, 0.1) is 5.02 Å². The predicted octanol–water partition coefficient (Wildman–Crippen LogP) is 2.13. The van der Waals surface area contributed by atoms with E-state index in [1.807, 2.05) is 4.72 Å². The molecule has 0 spiro atoms. The van der Waals surface area contributed by atoms with Crippen molar-refractivity contribution in [2.75, 3.05) is 0 Å². The molecule has 1 aromatic rings. The highest BCUT2D eigenvalue weighted by atomic mass is 35.5. The first-order valence-electron chi connectivity index (χ1n) is 5.21. The van der Waals surface area contributed by atoms with Crippen LogP contribution in [0.2, 0.25) is 5.02 Å². The summed E-state index contributed by atoms with van der Waals surface area (Å²) in [6.07, 6.45) is 0. The zero-order valence-corrected chi connectivity index (χ0v) is 11.9. The highest BCUT2D eigenvalue weighted by Gasteiger charge is 2.22. The lowest BCUT2D eigenvalue weighted by molar-refractivity contribution is 0.237.